The lowest BCUT2D eigenvalue weighted by atomic mass is 9.88. The molecule has 0 aliphatic heterocycles. The third-order valence-corrected chi connectivity index (χ3v) is 3.34. The van der Waals surface area contributed by atoms with Crippen LogP contribution < -0.4 is 5.32 Å². The van der Waals surface area contributed by atoms with E-state index in [0.29, 0.717) is 0 Å². The molecule has 2 nitrogen and oxygen atoms in total. The topological polar surface area (TPSA) is 29.1 Å². The molecule has 98 valence electrons. The number of nitrogens with one attached hydrogen (secondary N) is 1. The highest BCUT2D eigenvalue weighted by Gasteiger charge is 2.46. The minimum Gasteiger partial charge on any atom is -0.349 e. The second-order valence-corrected chi connectivity index (χ2v) is 5.04. The van der Waals surface area contributed by atoms with E-state index in [1.807, 2.05) is 0 Å². The van der Waals surface area contributed by atoms with Gasteiger partial charge in [0.1, 0.15) is 0 Å². The average molecular weight is 326 g/mol. The largest absolute Gasteiger partial charge is 0.349 e. The number of hydrogen-bond acceptors (Lipinski definition) is 1. The van der Waals surface area contributed by atoms with E-state index in [-0.39, 0.29) is 10.0 Å². The molecule has 0 heterocycles. The summed E-state index contributed by atoms with van der Waals surface area (Å²) in [4.78, 5) is 11.7. The van der Waals surface area contributed by atoms with Crippen molar-refractivity contribution in [1.29, 1.82) is 0 Å². The smallest absolute Gasteiger partial charge is 0.252 e. The molecule has 1 aromatic rings. The maximum atomic E-state index is 13.0. The minimum absolute atomic E-state index is 0.0741. The Bertz CT molecular complexity index is 498. The van der Waals surface area contributed by atoms with E-state index < -0.39 is 42.3 Å². The second kappa shape index (κ2) is 4.53. The van der Waals surface area contributed by atoms with Crippen molar-refractivity contribution in [2.24, 2.45) is 0 Å². The van der Waals surface area contributed by atoms with Crippen LogP contribution in [0.1, 0.15) is 23.2 Å². The van der Waals surface area contributed by atoms with Crippen LogP contribution in [0.2, 0.25) is 0 Å². The summed E-state index contributed by atoms with van der Waals surface area (Å²) in [5.74, 6) is -5.71. The highest BCUT2D eigenvalue weighted by molar-refractivity contribution is 9.10. The van der Waals surface area contributed by atoms with Gasteiger partial charge in [-0.05, 0) is 28.1 Å². The van der Waals surface area contributed by atoms with Gasteiger partial charge < -0.3 is 5.32 Å². The zero-order chi connectivity index (χ0) is 13.5. The number of rotatable bonds is 2. The highest BCUT2D eigenvalue weighted by Crippen LogP contribution is 2.37. The molecule has 18 heavy (non-hydrogen) atoms. The molecule has 1 aliphatic rings. The van der Waals surface area contributed by atoms with Crippen molar-refractivity contribution >= 4 is 21.8 Å². The Hall–Kier alpha value is -1.11. The van der Waals surface area contributed by atoms with Crippen LogP contribution in [-0.4, -0.2) is 17.9 Å². The molecule has 1 amide bonds. The molecule has 2 rings (SSSR count). The summed E-state index contributed by atoms with van der Waals surface area (Å²) in [6.07, 6.45) is -0.861. The predicted octanol–water partition coefficient (Wildman–Crippen LogP) is 3.25. The first kappa shape index (κ1) is 13.3. The SMILES string of the molecule is O=C(NC1CC(F)(F)C1)c1cc(F)c(F)cc1Br. The van der Waals surface area contributed by atoms with Crippen molar-refractivity contribution in [2.45, 2.75) is 24.8 Å². The van der Waals surface area contributed by atoms with Crippen LogP contribution in [0.4, 0.5) is 17.6 Å². The number of carbonyl (C=O) groups excluding carboxylic acids is 1. The normalized spacial score (nSPS) is 18.3. The van der Waals surface area contributed by atoms with Crippen LogP contribution in [0.25, 0.3) is 0 Å². The maximum absolute atomic E-state index is 13.0. The molecule has 7 heteroatoms. The molecule has 0 atom stereocenters. The van der Waals surface area contributed by atoms with Gasteiger partial charge in [-0.25, -0.2) is 17.6 Å². The van der Waals surface area contributed by atoms with Gasteiger partial charge in [0.15, 0.2) is 11.6 Å². The molecule has 1 aliphatic carbocycles. The van der Waals surface area contributed by atoms with Gasteiger partial charge >= 0.3 is 0 Å². The number of hydrogen-bond donors (Lipinski definition) is 1. The van der Waals surface area contributed by atoms with Gasteiger partial charge in [-0.1, -0.05) is 0 Å². The van der Waals surface area contributed by atoms with E-state index in [1.54, 1.807) is 0 Å². The third kappa shape index (κ3) is 2.66. The van der Waals surface area contributed by atoms with Gasteiger partial charge in [0.05, 0.1) is 5.56 Å². The van der Waals surface area contributed by atoms with E-state index >= 15 is 0 Å². The lowest BCUT2D eigenvalue weighted by Crippen LogP contribution is -2.50. The quantitative estimate of drug-likeness (QED) is 0.656. The fourth-order valence-corrected chi connectivity index (χ4v) is 2.22. The number of alkyl halides is 2. The summed E-state index contributed by atoms with van der Waals surface area (Å²) in [7, 11) is 0. The molecule has 0 spiro atoms. The number of halogens is 5. The Balaban J connectivity index is 2.08. The summed E-state index contributed by atoms with van der Waals surface area (Å²) in [5, 5.41) is 2.34. The minimum atomic E-state index is -2.75. The van der Waals surface area contributed by atoms with Crippen LogP contribution >= 0.6 is 15.9 Å². The average Bonchev–Trinajstić information content (AvgIpc) is 2.20. The van der Waals surface area contributed by atoms with Gasteiger partial charge in [0.25, 0.3) is 11.8 Å². The van der Waals surface area contributed by atoms with Gasteiger partial charge in [-0.15, -0.1) is 0 Å². The van der Waals surface area contributed by atoms with Crippen molar-refractivity contribution in [3.05, 3.63) is 33.8 Å². The fourth-order valence-electron chi connectivity index (χ4n) is 1.72. The maximum Gasteiger partial charge on any atom is 0.252 e. The van der Waals surface area contributed by atoms with E-state index in [0.717, 1.165) is 12.1 Å². The summed E-state index contributed by atoms with van der Waals surface area (Å²) >= 11 is 2.92. The molecule has 0 unspecified atom stereocenters. The van der Waals surface area contributed by atoms with Crippen molar-refractivity contribution < 1.29 is 22.4 Å². The summed E-state index contributed by atoms with van der Waals surface area (Å²) < 4.78 is 51.0. The van der Waals surface area contributed by atoms with Gasteiger partial charge in [0.2, 0.25) is 0 Å². The fraction of sp³-hybridized carbons (Fsp3) is 0.364. The number of benzene rings is 1. The van der Waals surface area contributed by atoms with Crippen molar-refractivity contribution in [1.82, 2.24) is 5.32 Å². The van der Waals surface area contributed by atoms with Crippen LogP contribution in [0.5, 0.6) is 0 Å². The first-order valence-corrected chi connectivity index (χ1v) is 5.91. The van der Waals surface area contributed by atoms with E-state index in [1.165, 1.54) is 0 Å². The zero-order valence-electron chi connectivity index (χ0n) is 8.94. The molecule has 1 saturated carbocycles. The van der Waals surface area contributed by atoms with E-state index in [4.69, 9.17) is 0 Å². The van der Waals surface area contributed by atoms with E-state index in [2.05, 4.69) is 21.2 Å². The van der Waals surface area contributed by atoms with Crippen LogP contribution in [0.3, 0.4) is 0 Å². The summed E-state index contributed by atoms with van der Waals surface area (Å²) in [6, 6.07) is 0.915. The summed E-state index contributed by atoms with van der Waals surface area (Å²) in [6.45, 7) is 0. The Morgan fingerprint density at radius 1 is 1.28 bits per heavy atom. The number of carbonyl (C=O) groups is 1. The molecule has 1 N–H and O–H groups in total. The molecule has 1 fully saturated rings. The molecular formula is C11H8BrF4NO. The van der Waals surface area contributed by atoms with Gasteiger partial charge in [-0.2, -0.15) is 0 Å². The molecule has 0 saturated heterocycles. The lowest BCUT2D eigenvalue weighted by Gasteiger charge is -2.35. The molecule has 0 radical (unpaired) electrons. The van der Waals surface area contributed by atoms with Crippen LogP contribution in [0.15, 0.2) is 16.6 Å². The molecule has 0 bridgehead atoms. The summed E-state index contributed by atoms with van der Waals surface area (Å²) in [5.41, 5.74) is -0.121. The Kier molecular flexibility index (Phi) is 3.35. The van der Waals surface area contributed by atoms with E-state index in [9.17, 15) is 22.4 Å². The molecule has 0 aromatic heterocycles. The lowest BCUT2D eigenvalue weighted by molar-refractivity contribution is -0.0901. The predicted molar refractivity (Wildman–Crippen MR) is 59.5 cm³/mol. The highest BCUT2D eigenvalue weighted by atomic mass is 79.9. The van der Waals surface area contributed by atoms with Crippen molar-refractivity contribution in [3.63, 3.8) is 0 Å². The third-order valence-electron chi connectivity index (χ3n) is 2.68. The monoisotopic (exact) mass is 325 g/mol. The van der Waals surface area contributed by atoms with Crippen molar-refractivity contribution in [3.8, 4) is 0 Å². The zero-order valence-corrected chi connectivity index (χ0v) is 10.5. The molecular weight excluding hydrogens is 318 g/mol. The Morgan fingerprint density at radius 2 is 1.83 bits per heavy atom. The van der Waals surface area contributed by atoms with Crippen molar-refractivity contribution in [2.75, 3.05) is 0 Å². The molecule has 1 aromatic carbocycles. The van der Waals surface area contributed by atoms with Gasteiger partial charge in [-0.3, -0.25) is 4.79 Å². The number of amides is 1. The van der Waals surface area contributed by atoms with Crippen LogP contribution in [0, 0.1) is 11.6 Å². The first-order valence-electron chi connectivity index (χ1n) is 5.12. The Labute approximate surface area is 108 Å². The second-order valence-electron chi connectivity index (χ2n) is 4.18. The first-order chi connectivity index (χ1) is 8.28. The standard InChI is InChI=1S/C11H8BrF4NO/c12-7-2-9(14)8(13)1-6(7)10(18)17-5-3-11(15,16)4-5/h1-2,5H,3-4H2,(H,17,18). The van der Waals surface area contributed by atoms with Crippen LogP contribution in [-0.2, 0) is 0 Å². The van der Waals surface area contributed by atoms with Gasteiger partial charge in [0, 0.05) is 23.4 Å². The Morgan fingerprint density at radius 3 is 2.39 bits per heavy atom.